The van der Waals surface area contributed by atoms with Crippen molar-refractivity contribution < 1.29 is 14.6 Å². The van der Waals surface area contributed by atoms with Gasteiger partial charge in [0.2, 0.25) is 0 Å². The second-order valence-electron chi connectivity index (χ2n) is 4.65. The summed E-state index contributed by atoms with van der Waals surface area (Å²) in [6.45, 7) is 2.14. The second-order valence-corrected chi connectivity index (χ2v) is 4.65. The van der Waals surface area contributed by atoms with Gasteiger partial charge in [-0.15, -0.1) is 0 Å². The lowest BCUT2D eigenvalue weighted by atomic mass is 10.2. The Hall–Kier alpha value is -1.88. The molecule has 4 nitrogen and oxygen atoms in total. The van der Waals surface area contributed by atoms with Gasteiger partial charge in [-0.1, -0.05) is 36.4 Å². The molecule has 0 bridgehead atoms. The van der Waals surface area contributed by atoms with Crippen LogP contribution in [-0.4, -0.2) is 25.4 Å². The Balaban J connectivity index is 2.09. The van der Waals surface area contributed by atoms with E-state index in [2.05, 4.69) is 5.32 Å². The molecule has 0 heterocycles. The van der Waals surface area contributed by atoms with E-state index in [0.29, 0.717) is 18.9 Å². The maximum atomic E-state index is 9.36. The van der Waals surface area contributed by atoms with Gasteiger partial charge in [-0.25, -0.2) is 0 Å². The van der Waals surface area contributed by atoms with Crippen molar-refractivity contribution in [1.29, 1.82) is 0 Å². The molecule has 0 saturated carbocycles. The number of benzene rings is 2. The molecule has 2 aromatic carbocycles. The molecule has 4 heteroatoms. The maximum absolute atomic E-state index is 9.36. The highest BCUT2D eigenvalue weighted by Gasteiger charge is 2.07. The summed E-state index contributed by atoms with van der Waals surface area (Å²) in [5, 5.41) is 12.7. The zero-order chi connectivity index (χ0) is 14.9. The smallest absolute Gasteiger partial charge is 0.132 e. The summed E-state index contributed by atoms with van der Waals surface area (Å²) in [5.41, 5.74) is 1.85. The molecule has 0 aliphatic heterocycles. The van der Waals surface area contributed by atoms with Crippen LogP contribution in [0.4, 0.5) is 0 Å². The van der Waals surface area contributed by atoms with Crippen molar-refractivity contribution in [3.63, 3.8) is 0 Å². The number of aliphatic hydroxyl groups excluding tert-OH is 1. The number of hydrogen-bond donors (Lipinski definition) is 2. The van der Waals surface area contributed by atoms with E-state index in [9.17, 15) is 5.11 Å². The largest absolute Gasteiger partial charge is 0.457 e. The molecule has 0 unspecified atom stereocenters. The van der Waals surface area contributed by atoms with Crippen LogP contribution in [0.1, 0.15) is 11.1 Å². The first kappa shape index (κ1) is 15.5. The normalized spacial score (nSPS) is 10.6. The lowest BCUT2D eigenvalue weighted by Crippen LogP contribution is -2.18. The van der Waals surface area contributed by atoms with E-state index in [-0.39, 0.29) is 6.61 Å². The zero-order valence-electron chi connectivity index (χ0n) is 12.2. The first-order chi connectivity index (χ1) is 10.3. The lowest BCUT2D eigenvalue weighted by molar-refractivity contribution is 0.199. The monoisotopic (exact) mass is 287 g/mol. The third-order valence-electron chi connectivity index (χ3n) is 3.13. The van der Waals surface area contributed by atoms with Crippen LogP contribution in [0.2, 0.25) is 0 Å². The molecule has 0 fully saturated rings. The number of methoxy groups -OCH3 is 1. The van der Waals surface area contributed by atoms with Gasteiger partial charge in [0, 0.05) is 31.3 Å². The molecule has 2 rings (SSSR count). The Morgan fingerprint density at radius 2 is 1.57 bits per heavy atom. The summed E-state index contributed by atoms with van der Waals surface area (Å²) in [4.78, 5) is 0. The van der Waals surface area contributed by atoms with E-state index in [0.717, 1.165) is 23.4 Å². The van der Waals surface area contributed by atoms with Gasteiger partial charge in [-0.2, -0.15) is 0 Å². The molecule has 0 saturated heterocycles. The van der Waals surface area contributed by atoms with Crippen LogP contribution in [0.25, 0.3) is 0 Å². The highest BCUT2D eigenvalue weighted by atomic mass is 16.5. The summed E-state index contributed by atoms with van der Waals surface area (Å²) in [6.07, 6.45) is 0. The number of ether oxygens (including phenoxy) is 2. The van der Waals surface area contributed by atoms with E-state index in [1.165, 1.54) is 0 Å². The number of aliphatic hydroxyl groups is 1. The molecular weight excluding hydrogens is 266 g/mol. The van der Waals surface area contributed by atoms with E-state index in [4.69, 9.17) is 9.47 Å². The van der Waals surface area contributed by atoms with Gasteiger partial charge in [0.05, 0.1) is 13.2 Å². The van der Waals surface area contributed by atoms with Gasteiger partial charge >= 0.3 is 0 Å². The molecule has 0 aliphatic carbocycles. The minimum Gasteiger partial charge on any atom is -0.457 e. The SMILES string of the molecule is COCCNCc1ccccc1Oc1ccccc1CO. The number of para-hydroxylation sites is 2. The van der Waals surface area contributed by atoms with Crippen LogP contribution in [0.3, 0.4) is 0 Å². The van der Waals surface area contributed by atoms with Crippen LogP contribution in [0.15, 0.2) is 48.5 Å². The minimum absolute atomic E-state index is 0.0373. The predicted molar refractivity (Wildman–Crippen MR) is 82.5 cm³/mol. The quantitative estimate of drug-likeness (QED) is 0.733. The Bertz CT molecular complexity index is 557. The van der Waals surface area contributed by atoms with Gasteiger partial charge in [0.1, 0.15) is 11.5 Å². The fourth-order valence-corrected chi connectivity index (χ4v) is 2.00. The van der Waals surface area contributed by atoms with Gasteiger partial charge in [0.15, 0.2) is 0 Å². The van der Waals surface area contributed by atoms with Crippen molar-refractivity contribution in [1.82, 2.24) is 5.32 Å². The number of hydrogen-bond acceptors (Lipinski definition) is 4. The summed E-state index contributed by atoms with van der Waals surface area (Å²) in [5.74, 6) is 1.48. The Morgan fingerprint density at radius 1 is 0.952 bits per heavy atom. The van der Waals surface area contributed by atoms with Crippen molar-refractivity contribution >= 4 is 0 Å². The number of rotatable bonds is 8. The van der Waals surface area contributed by atoms with E-state index in [1.807, 2.05) is 48.5 Å². The Morgan fingerprint density at radius 3 is 2.24 bits per heavy atom. The summed E-state index contributed by atoms with van der Waals surface area (Å²) in [7, 11) is 1.69. The zero-order valence-corrected chi connectivity index (χ0v) is 12.2. The molecule has 21 heavy (non-hydrogen) atoms. The fourth-order valence-electron chi connectivity index (χ4n) is 2.00. The van der Waals surface area contributed by atoms with Crippen LogP contribution >= 0.6 is 0 Å². The maximum Gasteiger partial charge on any atom is 0.132 e. The van der Waals surface area contributed by atoms with Crippen LogP contribution in [0.5, 0.6) is 11.5 Å². The average molecular weight is 287 g/mol. The molecule has 2 aromatic rings. The first-order valence-corrected chi connectivity index (χ1v) is 6.99. The molecule has 0 radical (unpaired) electrons. The molecule has 0 atom stereocenters. The topological polar surface area (TPSA) is 50.7 Å². The van der Waals surface area contributed by atoms with Crippen molar-refractivity contribution in [2.75, 3.05) is 20.3 Å². The van der Waals surface area contributed by atoms with E-state index < -0.39 is 0 Å². The standard InChI is InChI=1S/C17H21NO3/c1-20-11-10-18-12-14-6-2-4-8-16(14)21-17-9-5-3-7-15(17)13-19/h2-9,18-19H,10-13H2,1H3. The average Bonchev–Trinajstić information content (AvgIpc) is 2.53. The third-order valence-corrected chi connectivity index (χ3v) is 3.13. The molecule has 2 N–H and O–H groups in total. The van der Waals surface area contributed by atoms with Crippen molar-refractivity contribution in [3.05, 3.63) is 59.7 Å². The minimum atomic E-state index is -0.0373. The highest BCUT2D eigenvalue weighted by molar-refractivity contribution is 5.41. The number of nitrogens with one attached hydrogen (secondary N) is 1. The van der Waals surface area contributed by atoms with Crippen LogP contribution in [-0.2, 0) is 17.9 Å². The molecule has 0 spiro atoms. The van der Waals surface area contributed by atoms with Gasteiger partial charge in [-0.05, 0) is 12.1 Å². The second kappa shape index (κ2) is 8.42. The van der Waals surface area contributed by atoms with Gasteiger partial charge < -0.3 is 19.9 Å². The van der Waals surface area contributed by atoms with Crippen LogP contribution < -0.4 is 10.1 Å². The van der Waals surface area contributed by atoms with E-state index >= 15 is 0 Å². The van der Waals surface area contributed by atoms with E-state index in [1.54, 1.807) is 7.11 Å². The Labute approximate surface area is 125 Å². The van der Waals surface area contributed by atoms with Gasteiger partial charge in [-0.3, -0.25) is 0 Å². The fraction of sp³-hybridized carbons (Fsp3) is 0.294. The lowest BCUT2D eigenvalue weighted by Gasteiger charge is -2.13. The summed E-state index contributed by atoms with van der Waals surface area (Å²) < 4.78 is 11.0. The van der Waals surface area contributed by atoms with Crippen molar-refractivity contribution in [2.24, 2.45) is 0 Å². The predicted octanol–water partition coefficient (Wildman–Crippen LogP) is 2.71. The first-order valence-electron chi connectivity index (χ1n) is 6.99. The van der Waals surface area contributed by atoms with Gasteiger partial charge in [0.25, 0.3) is 0 Å². The highest BCUT2D eigenvalue weighted by Crippen LogP contribution is 2.28. The molecule has 0 amide bonds. The Kier molecular flexibility index (Phi) is 6.22. The molecular formula is C17H21NO3. The summed E-state index contributed by atoms with van der Waals surface area (Å²) in [6, 6.07) is 15.4. The molecule has 112 valence electrons. The summed E-state index contributed by atoms with van der Waals surface area (Å²) >= 11 is 0. The van der Waals surface area contributed by atoms with Crippen molar-refractivity contribution in [2.45, 2.75) is 13.2 Å². The van der Waals surface area contributed by atoms with Crippen LogP contribution in [0, 0.1) is 0 Å². The molecule has 0 aliphatic rings. The molecule has 0 aromatic heterocycles. The third kappa shape index (κ3) is 4.56. The van der Waals surface area contributed by atoms with Crippen molar-refractivity contribution in [3.8, 4) is 11.5 Å².